The van der Waals surface area contributed by atoms with Gasteiger partial charge in [-0.3, -0.25) is 4.79 Å². The first-order valence-electron chi connectivity index (χ1n) is 6.55. The lowest BCUT2D eigenvalue weighted by Crippen LogP contribution is -2.27. The van der Waals surface area contributed by atoms with E-state index in [4.69, 9.17) is 0 Å². The summed E-state index contributed by atoms with van der Waals surface area (Å²) in [7, 11) is 1.59. The molecule has 0 bridgehead atoms. The molecule has 0 radical (unpaired) electrons. The van der Waals surface area contributed by atoms with Crippen LogP contribution in [-0.2, 0) is 0 Å². The maximum atomic E-state index is 13.7. The minimum atomic E-state index is -0.443. The number of amides is 1. The molecule has 1 unspecified atom stereocenters. The lowest BCUT2D eigenvalue weighted by atomic mass is 10.1. The number of benzene rings is 2. The van der Waals surface area contributed by atoms with Crippen LogP contribution >= 0.6 is 15.9 Å². The number of halogens is 2. The quantitative estimate of drug-likeness (QED) is 0.870. The number of carbonyl (C=O) groups excluding carboxylic acids is 1. The summed E-state index contributed by atoms with van der Waals surface area (Å²) in [6.45, 7) is 1.89. The van der Waals surface area contributed by atoms with E-state index in [1.165, 1.54) is 12.1 Å². The molecule has 0 heterocycles. The van der Waals surface area contributed by atoms with Crippen molar-refractivity contribution < 1.29 is 9.18 Å². The molecule has 0 aliphatic heterocycles. The Hall–Kier alpha value is -1.88. The van der Waals surface area contributed by atoms with Gasteiger partial charge >= 0.3 is 0 Å². The molecule has 2 N–H and O–H groups in total. The fourth-order valence-electron chi connectivity index (χ4n) is 2.08. The van der Waals surface area contributed by atoms with Gasteiger partial charge < -0.3 is 10.6 Å². The summed E-state index contributed by atoms with van der Waals surface area (Å²) < 4.78 is 14.6. The van der Waals surface area contributed by atoms with Crippen LogP contribution in [0.25, 0.3) is 0 Å². The first-order chi connectivity index (χ1) is 10.0. The zero-order valence-corrected chi connectivity index (χ0v) is 13.4. The Bertz CT molecular complexity index is 643. The molecule has 0 aliphatic rings. The van der Waals surface area contributed by atoms with Gasteiger partial charge in [-0.25, -0.2) is 4.39 Å². The van der Waals surface area contributed by atoms with E-state index in [1.54, 1.807) is 13.1 Å². The van der Waals surface area contributed by atoms with Crippen LogP contribution in [0.3, 0.4) is 0 Å². The standard InChI is InChI=1S/C16H16BrFN2O/c1-10(11-6-8-12(17)9-7-11)20-16(21)13-4-3-5-14(18)15(13)19-2/h3-10,19H,1-2H3,(H,20,21). The first kappa shape index (κ1) is 15.5. The molecule has 21 heavy (non-hydrogen) atoms. The molecule has 1 atom stereocenters. The highest BCUT2D eigenvalue weighted by Crippen LogP contribution is 2.21. The summed E-state index contributed by atoms with van der Waals surface area (Å²) in [5, 5.41) is 5.60. The van der Waals surface area contributed by atoms with E-state index in [-0.39, 0.29) is 17.6 Å². The zero-order chi connectivity index (χ0) is 15.4. The molecule has 2 rings (SSSR count). The maximum absolute atomic E-state index is 13.7. The minimum absolute atomic E-state index is 0.168. The normalized spacial score (nSPS) is 11.8. The summed E-state index contributed by atoms with van der Waals surface area (Å²) in [6.07, 6.45) is 0. The minimum Gasteiger partial charge on any atom is -0.385 e. The predicted molar refractivity (Wildman–Crippen MR) is 86.0 cm³/mol. The third kappa shape index (κ3) is 3.61. The van der Waals surface area contributed by atoms with Gasteiger partial charge in [-0.2, -0.15) is 0 Å². The maximum Gasteiger partial charge on any atom is 0.253 e. The highest BCUT2D eigenvalue weighted by molar-refractivity contribution is 9.10. The van der Waals surface area contributed by atoms with Gasteiger partial charge in [-0.1, -0.05) is 34.1 Å². The smallest absolute Gasteiger partial charge is 0.253 e. The SMILES string of the molecule is CNc1c(F)cccc1C(=O)NC(C)c1ccc(Br)cc1. The van der Waals surface area contributed by atoms with Gasteiger partial charge in [-0.15, -0.1) is 0 Å². The second kappa shape index (κ2) is 6.72. The third-order valence-electron chi connectivity index (χ3n) is 3.23. The molecule has 0 spiro atoms. The lowest BCUT2D eigenvalue weighted by Gasteiger charge is -2.16. The van der Waals surface area contributed by atoms with Crippen molar-refractivity contribution in [2.24, 2.45) is 0 Å². The average molecular weight is 351 g/mol. The van der Waals surface area contributed by atoms with Crippen LogP contribution in [0.5, 0.6) is 0 Å². The van der Waals surface area contributed by atoms with Gasteiger partial charge in [-0.05, 0) is 36.8 Å². The van der Waals surface area contributed by atoms with Gasteiger partial charge in [0.2, 0.25) is 0 Å². The topological polar surface area (TPSA) is 41.1 Å². The van der Waals surface area contributed by atoms with E-state index in [2.05, 4.69) is 26.6 Å². The van der Waals surface area contributed by atoms with E-state index >= 15 is 0 Å². The Labute approximate surface area is 131 Å². The molecule has 2 aromatic carbocycles. The molecular weight excluding hydrogens is 335 g/mol. The van der Waals surface area contributed by atoms with Crippen molar-refractivity contribution in [3.05, 3.63) is 63.9 Å². The Kier molecular flexibility index (Phi) is 4.96. The van der Waals surface area contributed by atoms with Crippen molar-refractivity contribution in [2.75, 3.05) is 12.4 Å². The van der Waals surface area contributed by atoms with Crippen LogP contribution in [0.2, 0.25) is 0 Å². The molecule has 3 nitrogen and oxygen atoms in total. The second-order valence-corrected chi connectivity index (χ2v) is 5.57. The van der Waals surface area contributed by atoms with Crippen LogP contribution in [0.1, 0.15) is 28.9 Å². The van der Waals surface area contributed by atoms with Crippen LogP contribution in [0.15, 0.2) is 46.9 Å². The first-order valence-corrected chi connectivity index (χ1v) is 7.35. The molecule has 1 amide bonds. The van der Waals surface area contributed by atoms with E-state index < -0.39 is 5.82 Å². The molecule has 0 saturated carbocycles. The molecule has 0 aliphatic carbocycles. The number of carbonyl (C=O) groups is 1. The number of hydrogen-bond donors (Lipinski definition) is 2. The average Bonchev–Trinajstić information content (AvgIpc) is 2.47. The van der Waals surface area contributed by atoms with Crippen LogP contribution < -0.4 is 10.6 Å². The van der Waals surface area contributed by atoms with Gasteiger partial charge in [0.05, 0.1) is 17.3 Å². The van der Waals surface area contributed by atoms with E-state index in [0.29, 0.717) is 5.56 Å². The van der Waals surface area contributed by atoms with Gasteiger partial charge in [0.25, 0.3) is 5.91 Å². The van der Waals surface area contributed by atoms with E-state index in [1.807, 2.05) is 31.2 Å². The van der Waals surface area contributed by atoms with Crippen LogP contribution in [0.4, 0.5) is 10.1 Å². The zero-order valence-electron chi connectivity index (χ0n) is 11.8. The Morgan fingerprint density at radius 2 is 1.86 bits per heavy atom. The van der Waals surface area contributed by atoms with Gasteiger partial charge in [0.1, 0.15) is 5.82 Å². The van der Waals surface area contributed by atoms with Crippen LogP contribution in [-0.4, -0.2) is 13.0 Å². The predicted octanol–water partition coefficient (Wildman–Crippen LogP) is 4.12. The number of nitrogens with one attached hydrogen (secondary N) is 2. The Morgan fingerprint density at radius 1 is 1.19 bits per heavy atom. The van der Waals surface area contributed by atoms with Crippen molar-refractivity contribution >= 4 is 27.5 Å². The summed E-state index contributed by atoms with van der Waals surface area (Å²) in [4.78, 5) is 12.3. The molecular formula is C16H16BrFN2O. The molecule has 5 heteroatoms. The number of anilines is 1. The molecule has 0 saturated heterocycles. The molecule has 0 aromatic heterocycles. The summed E-state index contributed by atoms with van der Waals surface area (Å²) >= 11 is 3.37. The van der Waals surface area contributed by atoms with Crippen molar-refractivity contribution in [1.29, 1.82) is 0 Å². The van der Waals surface area contributed by atoms with E-state index in [9.17, 15) is 9.18 Å². The van der Waals surface area contributed by atoms with Crippen molar-refractivity contribution in [3.8, 4) is 0 Å². The van der Waals surface area contributed by atoms with Gasteiger partial charge in [0, 0.05) is 11.5 Å². The highest BCUT2D eigenvalue weighted by atomic mass is 79.9. The Balaban J connectivity index is 2.18. The fraction of sp³-hybridized carbons (Fsp3) is 0.188. The lowest BCUT2D eigenvalue weighted by molar-refractivity contribution is 0.0940. The highest BCUT2D eigenvalue weighted by Gasteiger charge is 2.16. The van der Waals surface area contributed by atoms with Crippen molar-refractivity contribution in [2.45, 2.75) is 13.0 Å². The second-order valence-electron chi connectivity index (χ2n) is 4.66. The largest absolute Gasteiger partial charge is 0.385 e. The van der Waals surface area contributed by atoms with Crippen LogP contribution in [0, 0.1) is 5.82 Å². The fourth-order valence-corrected chi connectivity index (χ4v) is 2.34. The summed E-state index contributed by atoms with van der Waals surface area (Å²) in [5.41, 5.74) is 1.48. The summed E-state index contributed by atoms with van der Waals surface area (Å²) in [6, 6.07) is 12.0. The monoisotopic (exact) mass is 350 g/mol. The number of para-hydroxylation sites is 1. The summed E-state index contributed by atoms with van der Waals surface area (Å²) in [5.74, 6) is -0.754. The third-order valence-corrected chi connectivity index (χ3v) is 3.75. The van der Waals surface area contributed by atoms with E-state index in [0.717, 1.165) is 10.0 Å². The van der Waals surface area contributed by atoms with Crippen molar-refractivity contribution in [1.82, 2.24) is 5.32 Å². The number of rotatable bonds is 4. The molecule has 0 fully saturated rings. The Morgan fingerprint density at radius 3 is 2.48 bits per heavy atom. The molecule has 2 aromatic rings. The molecule has 110 valence electrons. The van der Waals surface area contributed by atoms with Crippen molar-refractivity contribution in [3.63, 3.8) is 0 Å². The van der Waals surface area contributed by atoms with Gasteiger partial charge in [0.15, 0.2) is 0 Å². The number of hydrogen-bond acceptors (Lipinski definition) is 2.